The minimum atomic E-state index is -4.77. The van der Waals surface area contributed by atoms with E-state index < -0.39 is 27.6 Å². The molecule has 0 radical (unpaired) electrons. The van der Waals surface area contributed by atoms with Crippen LogP contribution in [-0.4, -0.2) is 97.9 Å². The first-order valence-electron chi connectivity index (χ1n) is 15.0. The van der Waals surface area contributed by atoms with Gasteiger partial charge in [0.15, 0.2) is 0 Å². The molecular formula is C31H37F3N8O3S. The molecule has 2 aromatic heterocycles. The van der Waals surface area contributed by atoms with Gasteiger partial charge < -0.3 is 25.2 Å². The van der Waals surface area contributed by atoms with Gasteiger partial charge in [-0.25, -0.2) is 17.4 Å². The Morgan fingerprint density at radius 2 is 1.70 bits per heavy atom. The van der Waals surface area contributed by atoms with Gasteiger partial charge in [-0.1, -0.05) is 12.1 Å². The molecule has 0 bridgehead atoms. The highest BCUT2D eigenvalue weighted by atomic mass is 32.2. The second kappa shape index (κ2) is 12.6. The lowest BCUT2D eigenvalue weighted by Crippen LogP contribution is -2.52. The highest BCUT2D eigenvalue weighted by molar-refractivity contribution is 7.89. The summed E-state index contributed by atoms with van der Waals surface area (Å²) in [7, 11) is -0.0380. The van der Waals surface area contributed by atoms with Crippen LogP contribution in [0.2, 0.25) is 0 Å². The topological polar surface area (TPSA) is 108 Å². The Morgan fingerprint density at radius 3 is 2.37 bits per heavy atom. The van der Waals surface area contributed by atoms with Crippen molar-refractivity contribution in [3.05, 3.63) is 60.4 Å². The number of hydrogen-bond donors (Lipinski definition) is 2. The Balaban J connectivity index is 1.23. The Kier molecular flexibility index (Phi) is 8.74. The number of methoxy groups -OCH3 is 1. The largest absolute Gasteiger partial charge is 0.494 e. The summed E-state index contributed by atoms with van der Waals surface area (Å²) in [5, 5.41) is 6.24. The lowest BCUT2D eigenvalue weighted by molar-refractivity contribution is -0.137. The summed E-state index contributed by atoms with van der Waals surface area (Å²) in [6.45, 7) is 6.23. The normalized spacial score (nSPS) is 17.4. The van der Waals surface area contributed by atoms with Crippen molar-refractivity contribution in [1.29, 1.82) is 0 Å². The number of fused-ring (bicyclic) bond motifs is 1. The highest BCUT2D eigenvalue weighted by Crippen LogP contribution is 2.38. The van der Waals surface area contributed by atoms with Gasteiger partial charge >= 0.3 is 6.18 Å². The van der Waals surface area contributed by atoms with Crippen molar-refractivity contribution in [2.45, 2.75) is 25.1 Å². The lowest BCUT2D eigenvalue weighted by atomic mass is 10.0. The molecule has 15 heteroatoms. The number of aromatic nitrogens is 3. The molecule has 2 aromatic carbocycles. The smallest absolute Gasteiger partial charge is 0.421 e. The standard InChI is InChI=1S/C31H37F3N8O3S/c1-39-15-17-41(18-16-39)22-10-12-40(13-11-22)23-7-8-25(27(19-23)45-2)37-30-35-20-24(31(32,33)34)29(38-30)36-26-6-4-5-21-9-14-42(28(21)26)46(3,43)44/h4-9,14,19-20,22H,10-13,15-18H2,1-3H3,(H2,35,36,37,38). The summed E-state index contributed by atoms with van der Waals surface area (Å²) in [5.41, 5.74) is 0.724. The summed E-state index contributed by atoms with van der Waals surface area (Å²) in [5.74, 6) is -0.134. The number of nitrogens with one attached hydrogen (secondary N) is 2. The van der Waals surface area contributed by atoms with Crippen molar-refractivity contribution >= 4 is 49.8 Å². The van der Waals surface area contributed by atoms with Crippen LogP contribution >= 0.6 is 0 Å². The van der Waals surface area contributed by atoms with Crippen molar-refractivity contribution in [3.8, 4) is 5.75 Å². The second-order valence-corrected chi connectivity index (χ2v) is 13.6. The van der Waals surface area contributed by atoms with Gasteiger partial charge in [-0.15, -0.1) is 0 Å². The van der Waals surface area contributed by atoms with Crippen LogP contribution < -0.4 is 20.3 Å². The Hall–Kier alpha value is -4.08. The zero-order chi connectivity index (χ0) is 32.6. The predicted molar refractivity (Wildman–Crippen MR) is 173 cm³/mol. The van der Waals surface area contributed by atoms with Crippen LogP contribution in [-0.2, 0) is 16.2 Å². The first-order chi connectivity index (χ1) is 21.9. The van der Waals surface area contributed by atoms with E-state index in [1.54, 1.807) is 24.3 Å². The number of anilines is 5. The number of ether oxygens (including phenoxy) is 1. The van der Waals surface area contributed by atoms with E-state index in [1.807, 2.05) is 12.1 Å². The number of piperazine rings is 1. The number of rotatable bonds is 8. The average molecular weight is 659 g/mol. The number of benzene rings is 2. The third-order valence-electron chi connectivity index (χ3n) is 8.70. The van der Waals surface area contributed by atoms with Crippen molar-refractivity contribution in [2.75, 3.05) is 75.2 Å². The van der Waals surface area contributed by atoms with Gasteiger partial charge in [-0.3, -0.25) is 4.90 Å². The maximum Gasteiger partial charge on any atom is 0.421 e. The molecule has 0 aliphatic carbocycles. The van der Waals surface area contributed by atoms with Crippen LogP contribution in [0.4, 0.5) is 42.0 Å². The fourth-order valence-electron chi connectivity index (χ4n) is 6.19. The minimum Gasteiger partial charge on any atom is -0.494 e. The van der Waals surface area contributed by atoms with Crippen molar-refractivity contribution in [1.82, 2.24) is 23.7 Å². The van der Waals surface area contributed by atoms with Crippen LogP contribution in [0.5, 0.6) is 5.75 Å². The minimum absolute atomic E-state index is 0.0970. The highest BCUT2D eigenvalue weighted by Gasteiger charge is 2.36. The van der Waals surface area contributed by atoms with Crippen molar-refractivity contribution in [3.63, 3.8) is 0 Å². The van der Waals surface area contributed by atoms with Crippen LogP contribution in [0.25, 0.3) is 10.9 Å². The number of hydrogen-bond acceptors (Lipinski definition) is 10. The first kappa shape index (κ1) is 31.9. The van der Waals surface area contributed by atoms with Gasteiger partial charge in [0, 0.05) is 74.8 Å². The van der Waals surface area contributed by atoms with Crippen LogP contribution in [0.1, 0.15) is 18.4 Å². The van der Waals surface area contributed by atoms with E-state index in [0.717, 1.165) is 68.0 Å². The summed E-state index contributed by atoms with van der Waals surface area (Å²) in [4.78, 5) is 15.4. The Labute approximate surface area is 266 Å². The van der Waals surface area contributed by atoms with E-state index in [0.29, 0.717) is 29.1 Å². The lowest BCUT2D eigenvalue weighted by Gasteiger charge is -2.42. The van der Waals surface area contributed by atoms with Gasteiger partial charge in [0.25, 0.3) is 0 Å². The summed E-state index contributed by atoms with van der Waals surface area (Å²) in [6.07, 6.45) is 0.443. The molecule has 0 unspecified atom stereocenters. The molecule has 246 valence electrons. The molecule has 2 fully saturated rings. The Morgan fingerprint density at radius 1 is 0.957 bits per heavy atom. The predicted octanol–water partition coefficient (Wildman–Crippen LogP) is 4.97. The number of piperidine rings is 1. The molecule has 46 heavy (non-hydrogen) atoms. The SMILES string of the molecule is COc1cc(N2CCC(N3CCN(C)CC3)CC2)ccc1Nc1ncc(C(F)(F)F)c(Nc2cccc3ccn(S(C)(=O)=O)c23)n1. The molecule has 2 saturated heterocycles. The molecule has 0 atom stereocenters. The number of alkyl halides is 3. The first-order valence-corrected chi connectivity index (χ1v) is 16.9. The molecule has 6 rings (SSSR count). The van der Waals surface area contributed by atoms with Gasteiger partial charge in [0.1, 0.15) is 17.1 Å². The van der Waals surface area contributed by atoms with E-state index in [2.05, 4.69) is 42.3 Å². The van der Waals surface area contributed by atoms with Gasteiger partial charge in [-0.2, -0.15) is 18.2 Å². The molecule has 4 aromatic rings. The van der Waals surface area contributed by atoms with E-state index in [9.17, 15) is 21.6 Å². The van der Waals surface area contributed by atoms with E-state index in [4.69, 9.17) is 4.74 Å². The number of para-hydroxylation sites is 1. The molecule has 0 saturated carbocycles. The fourth-order valence-corrected chi connectivity index (χ4v) is 7.01. The van der Waals surface area contributed by atoms with Gasteiger partial charge in [0.2, 0.25) is 16.0 Å². The zero-order valence-corrected chi connectivity index (χ0v) is 26.7. The number of nitrogens with zero attached hydrogens (tertiary/aromatic N) is 6. The summed E-state index contributed by atoms with van der Waals surface area (Å²) < 4.78 is 73.6. The molecule has 0 amide bonds. The number of halogens is 3. The zero-order valence-electron chi connectivity index (χ0n) is 25.9. The number of likely N-dealkylation sites (N-methyl/N-ethyl adjacent to an activating group) is 1. The monoisotopic (exact) mass is 658 g/mol. The quantitative estimate of drug-likeness (QED) is 0.270. The molecular weight excluding hydrogens is 621 g/mol. The van der Waals surface area contributed by atoms with E-state index in [-0.39, 0.29) is 17.2 Å². The third-order valence-corrected chi connectivity index (χ3v) is 9.72. The summed E-state index contributed by atoms with van der Waals surface area (Å²) >= 11 is 0. The maximum atomic E-state index is 14.0. The molecule has 0 spiro atoms. The van der Waals surface area contributed by atoms with Crippen LogP contribution in [0, 0.1) is 0 Å². The molecule has 11 nitrogen and oxygen atoms in total. The van der Waals surface area contributed by atoms with Crippen LogP contribution in [0.3, 0.4) is 0 Å². The second-order valence-electron chi connectivity index (χ2n) is 11.8. The van der Waals surface area contributed by atoms with E-state index in [1.165, 1.54) is 19.4 Å². The maximum absolute atomic E-state index is 14.0. The molecule has 4 heterocycles. The molecule has 2 aliphatic heterocycles. The van der Waals surface area contributed by atoms with Crippen LogP contribution in [0.15, 0.2) is 54.9 Å². The fraction of sp³-hybridized carbons (Fsp3) is 0.419. The average Bonchev–Trinajstić information content (AvgIpc) is 3.48. The Bertz CT molecular complexity index is 1820. The van der Waals surface area contributed by atoms with Gasteiger partial charge in [-0.05, 0) is 44.2 Å². The molecule has 2 N–H and O–H groups in total. The third kappa shape index (κ3) is 6.71. The van der Waals surface area contributed by atoms with Crippen molar-refractivity contribution < 1.29 is 26.3 Å². The molecule has 2 aliphatic rings. The van der Waals surface area contributed by atoms with Gasteiger partial charge in [0.05, 0.1) is 30.3 Å². The summed E-state index contributed by atoms with van der Waals surface area (Å²) in [6, 6.07) is 12.6. The van der Waals surface area contributed by atoms with Crippen molar-refractivity contribution in [2.24, 2.45) is 0 Å². The van der Waals surface area contributed by atoms with E-state index >= 15 is 0 Å².